The molecule has 0 atom stereocenters. The number of thiocarbonyl (C=S) groups is 1. The van der Waals surface area contributed by atoms with Gasteiger partial charge in [-0.15, -0.1) is 0 Å². The first-order chi connectivity index (χ1) is 8.84. The highest BCUT2D eigenvalue weighted by Gasteiger charge is 2.11. The predicted molar refractivity (Wildman–Crippen MR) is 75.8 cm³/mol. The number of aliphatic hydroxyl groups is 2. The fourth-order valence-corrected chi connectivity index (χ4v) is 1.47. The largest absolute Gasteiger partial charge is 0.864 e. The van der Waals surface area contributed by atoms with E-state index in [0.29, 0.717) is 17.6 Å². The molecule has 0 unspecified atom stereocenters. The van der Waals surface area contributed by atoms with Crippen LogP contribution in [0.3, 0.4) is 0 Å². The van der Waals surface area contributed by atoms with Crippen LogP contribution in [0.2, 0.25) is 0 Å². The van der Waals surface area contributed by atoms with Gasteiger partial charge in [0.1, 0.15) is 18.8 Å². The molecule has 3 N–H and O–H groups in total. The van der Waals surface area contributed by atoms with Crippen LogP contribution >= 0.6 is 12.2 Å². The number of hydrogen-bond acceptors (Lipinski definition) is 5. The van der Waals surface area contributed by atoms with Crippen LogP contribution in [0, 0.1) is 0 Å². The summed E-state index contributed by atoms with van der Waals surface area (Å²) >= 11 is 4.33. The van der Waals surface area contributed by atoms with Gasteiger partial charge in [0.25, 0.3) is 0 Å². The molecule has 0 spiro atoms. The Morgan fingerprint density at radius 3 is 1.95 bits per heavy atom. The van der Waals surface area contributed by atoms with E-state index in [0.717, 1.165) is 0 Å². The Kier molecular flexibility index (Phi) is 8.26. The van der Waals surface area contributed by atoms with Gasteiger partial charge in [-0.3, -0.25) is 0 Å². The smallest absolute Gasteiger partial charge is 0.123 e. The predicted octanol–water partition coefficient (Wildman–Crippen LogP) is -0.525. The molecule has 1 aromatic carbocycles. The van der Waals surface area contributed by atoms with Gasteiger partial charge in [0.2, 0.25) is 0 Å². The van der Waals surface area contributed by atoms with E-state index in [1.165, 1.54) is 12.1 Å². The van der Waals surface area contributed by atoms with E-state index in [4.69, 9.17) is 15.3 Å². The molecule has 1 aromatic rings. The van der Waals surface area contributed by atoms with Crippen LogP contribution in [0.1, 0.15) is 5.56 Å². The number of hydrogen-bond donors (Lipinski definition) is 3. The molecule has 0 amide bonds. The molecular formula is C13H21NO4S. The molecule has 0 bridgehead atoms. The molecular weight excluding hydrogens is 266 g/mol. The van der Waals surface area contributed by atoms with Crippen molar-refractivity contribution < 1.29 is 24.9 Å². The van der Waals surface area contributed by atoms with E-state index in [-0.39, 0.29) is 24.5 Å². The molecule has 19 heavy (non-hydrogen) atoms. The summed E-state index contributed by atoms with van der Waals surface area (Å²) in [5.74, 6) is -0.0532. The fraction of sp³-hybridized carbons (Fsp3) is 0.462. The zero-order valence-electron chi connectivity index (χ0n) is 11.2. The molecule has 1 rings (SSSR count). The van der Waals surface area contributed by atoms with Gasteiger partial charge >= 0.3 is 0 Å². The van der Waals surface area contributed by atoms with Gasteiger partial charge < -0.3 is 24.9 Å². The third-order valence-corrected chi connectivity index (χ3v) is 2.75. The Bertz CT molecular complexity index is 388. The Morgan fingerprint density at radius 2 is 1.63 bits per heavy atom. The van der Waals surface area contributed by atoms with E-state index in [1.54, 1.807) is 12.1 Å². The maximum absolute atomic E-state index is 10.5. The summed E-state index contributed by atoms with van der Waals surface area (Å²) in [6.07, 6.45) is 0. The van der Waals surface area contributed by atoms with Crippen molar-refractivity contribution in [3.8, 4) is 5.75 Å². The molecule has 0 aromatic heterocycles. The number of phenols is 1. The molecule has 0 heterocycles. The van der Waals surface area contributed by atoms with Crippen molar-refractivity contribution in [1.82, 2.24) is 0 Å². The third-order valence-electron chi connectivity index (χ3n) is 2.53. The minimum absolute atomic E-state index is 0.0532. The van der Waals surface area contributed by atoms with Crippen LogP contribution in [0.4, 0.5) is 0 Å². The molecule has 0 radical (unpaired) electrons. The zero-order chi connectivity index (χ0) is 14.9. The lowest BCUT2D eigenvalue weighted by Crippen LogP contribution is -2.43. The number of para-hydroxylation sites is 1. The summed E-state index contributed by atoms with van der Waals surface area (Å²) in [4.78, 5) is 0. The summed E-state index contributed by atoms with van der Waals surface area (Å²) < 4.78 is 0.688. The van der Waals surface area contributed by atoms with Crippen LogP contribution in [0.15, 0.2) is 24.3 Å². The summed E-state index contributed by atoms with van der Waals surface area (Å²) in [6.45, 7) is 1.79. The first-order valence-electron chi connectivity index (χ1n) is 5.87. The first kappa shape index (κ1) is 17.8. The number of quaternary nitrogens is 1. The Balaban J connectivity index is 0.000000344. The normalized spacial score (nSPS) is 10.5. The van der Waals surface area contributed by atoms with Crippen molar-refractivity contribution in [2.45, 2.75) is 0 Å². The maximum atomic E-state index is 10.5. The minimum atomic E-state index is -0.530. The molecule has 6 heteroatoms. The SMILES string of the molecule is C[N+](C)(CCO)CCO.[O-]C(=S)c1ccccc1O. The summed E-state index contributed by atoms with van der Waals surface area (Å²) in [6, 6.07) is 6.21. The van der Waals surface area contributed by atoms with Crippen LogP contribution in [-0.4, -0.2) is 65.3 Å². The molecule has 108 valence electrons. The third kappa shape index (κ3) is 7.74. The number of nitrogens with zero attached hydrogens (tertiary/aromatic N) is 1. The van der Waals surface area contributed by atoms with Crippen LogP contribution in [-0.2, 0) is 0 Å². The zero-order valence-corrected chi connectivity index (χ0v) is 12.1. The monoisotopic (exact) mass is 287 g/mol. The molecule has 0 saturated carbocycles. The molecule has 5 nitrogen and oxygen atoms in total. The minimum Gasteiger partial charge on any atom is -0.864 e. The lowest BCUT2D eigenvalue weighted by molar-refractivity contribution is -0.890. The molecule has 0 aliphatic heterocycles. The van der Waals surface area contributed by atoms with Gasteiger partial charge in [0, 0.05) is 5.56 Å². The van der Waals surface area contributed by atoms with Crippen molar-refractivity contribution in [2.24, 2.45) is 0 Å². The van der Waals surface area contributed by atoms with Gasteiger partial charge in [-0.2, -0.15) is 0 Å². The lowest BCUT2D eigenvalue weighted by Gasteiger charge is -2.27. The maximum Gasteiger partial charge on any atom is 0.123 e. The topological polar surface area (TPSA) is 83.8 Å². The van der Waals surface area contributed by atoms with E-state index in [2.05, 4.69) is 12.2 Å². The first-order valence-corrected chi connectivity index (χ1v) is 6.28. The van der Waals surface area contributed by atoms with E-state index >= 15 is 0 Å². The van der Waals surface area contributed by atoms with Crippen molar-refractivity contribution in [3.63, 3.8) is 0 Å². The summed E-state index contributed by atoms with van der Waals surface area (Å²) in [5, 5.41) is 36.0. The molecule has 0 aliphatic carbocycles. The van der Waals surface area contributed by atoms with Crippen LogP contribution in [0.25, 0.3) is 0 Å². The Labute approximate surface area is 118 Å². The van der Waals surface area contributed by atoms with Crippen LogP contribution < -0.4 is 5.11 Å². The average Bonchev–Trinajstić information content (AvgIpc) is 2.29. The van der Waals surface area contributed by atoms with Crippen LogP contribution in [0.5, 0.6) is 5.75 Å². The Morgan fingerprint density at radius 1 is 1.16 bits per heavy atom. The molecule has 0 fully saturated rings. The van der Waals surface area contributed by atoms with Gasteiger partial charge in [0.05, 0.1) is 27.3 Å². The van der Waals surface area contributed by atoms with Gasteiger partial charge in [-0.1, -0.05) is 30.4 Å². The van der Waals surface area contributed by atoms with Crippen molar-refractivity contribution in [2.75, 3.05) is 40.4 Å². The Hall–Kier alpha value is -1.21. The highest BCUT2D eigenvalue weighted by atomic mass is 32.1. The second kappa shape index (κ2) is 8.82. The number of aliphatic hydroxyl groups excluding tert-OH is 2. The number of rotatable bonds is 5. The summed E-state index contributed by atoms with van der Waals surface area (Å²) in [7, 11) is 3.96. The second-order valence-corrected chi connectivity index (χ2v) is 5.01. The number of aromatic hydroxyl groups is 1. The van der Waals surface area contributed by atoms with Crippen molar-refractivity contribution in [3.05, 3.63) is 29.8 Å². The standard InChI is InChI=1S/C7H6O2S.C6H16NO2/c8-6-4-2-1-3-5(6)7(9)10;1-7(2,3-5-8)4-6-9/h1-4,8H,(H,9,10);8-9H,3-6H2,1-2H3/q;+1/p-1. The second-order valence-electron chi connectivity index (χ2n) is 4.63. The van der Waals surface area contributed by atoms with E-state index < -0.39 is 5.05 Å². The lowest BCUT2D eigenvalue weighted by atomic mass is 10.2. The highest BCUT2D eigenvalue weighted by molar-refractivity contribution is 7.80. The number of phenolic OH excluding ortho intramolecular Hbond substituents is 1. The molecule has 0 saturated heterocycles. The number of likely N-dealkylation sites (N-methyl/N-ethyl adjacent to an activating group) is 1. The van der Waals surface area contributed by atoms with E-state index in [1.807, 2.05) is 14.1 Å². The van der Waals surface area contributed by atoms with Crippen molar-refractivity contribution >= 4 is 17.3 Å². The van der Waals surface area contributed by atoms with Gasteiger partial charge in [-0.05, 0) is 11.1 Å². The fourth-order valence-electron chi connectivity index (χ4n) is 1.30. The molecule has 0 aliphatic rings. The van der Waals surface area contributed by atoms with Gasteiger partial charge in [0.15, 0.2) is 0 Å². The van der Waals surface area contributed by atoms with Crippen molar-refractivity contribution in [1.29, 1.82) is 0 Å². The van der Waals surface area contributed by atoms with E-state index in [9.17, 15) is 5.11 Å². The quantitative estimate of drug-likeness (QED) is 0.501. The summed E-state index contributed by atoms with van der Waals surface area (Å²) in [5.41, 5.74) is 0.192. The van der Waals surface area contributed by atoms with Gasteiger partial charge in [-0.25, -0.2) is 0 Å². The number of benzene rings is 1. The highest BCUT2D eigenvalue weighted by Crippen LogP contribution is 2.14. The average molecular weight is 287 g/mol.